The highest BCUT2D eigenvalue weighted by Gasteiger charge is 2.35. The highest BCUT2D eigenvalue weighted by Crippen LogP contribution is 2.32. The molecule has 2 amide bonds. The minimum absolute atomic E-state index is 0.00597. The van der Waals surface area contributed by atoms with Gasteiger partial charge in [-0.1, -0.05) is 18.2 Å². The van der Waals surface area contributed by atoms with Gasteiger partial charge in [0.25, 0.3) is 6.43 Å². The van der Waals surface area contributed by atoms with Crippen LogP contribution in [0.1, 0.15) is 23.4 Å². The number of amides is 2. The minimum atomic E-state index is -3.12. The van der Waals surface area contributed by atoms with Crippen LogP contribution in [-0.2, 0) is 14.4 Å². The zero-order valence-electron chi connectivity index (χ0n) is 20.4. The zero-order chi connectivity index (χ0) is 27.7. The Morgan fingerprint density at radius 2 is 1.77 bits per heavy atom. The highest BCUT2D eigenvalue weighted by atomic mass is 19.3. The number of anilines is 2. The molecule has 0 unspecified atom stereocenters. The minimum Gasteiger partial charge on any atom is -0.451 e. The molecule has 13 heteroatoms. The Balaban J connectivity index is 1.25. The molecule has 0 radical (unpaired) electrons. The number of hydrogen-bond donors (Lipinski definition) is 0. The van der Waals surface area contributed by atoms with Crippen LogP contribution in [0.4, 0.5) is 33.7 Å². The lowest BCUT2D eigenvalue weighted by molar-refractivity contribution is -0.129. The third-order valence-electron chi connectivity index (χ3n) is 6.50. The summed E-state index contributed by atoms with van der Waals surface area (Å²) in [6.45, 7) is -0.0731. The summed E-state index contributed by atoms with van der Waals surface area (Å²) in [5, 5.41) is 1.83. The first-order valence-electron chi connectivity index (χ1n) is 12.2. The number of alkyl halides is 2. The smallest absolute Gasteiger partial charge is 0.414 e. The van der Waals surface area contributed by atoms with Crippen molar-refractivity contribution >= 4 is 40.1 Å². The topological polar surface area (TPSA) is 92.5 Å². The van der Waals surface area contributed by atoms with Crippen LogP contribution in [0.25, 0.3) is 11.0 Å². The summed E-state index contributed by atoms with van der Waals surface area (Å²) in [5.41, 5.74) is 0.0672. The summed E-state index contributed by atoms with van der Waals surface area (Å²) in [5.74, 6) is -3.63. The maximum atomic E-state index is 15.2. The fourth-order valence-corrected chi connectivity index (χ4v) is 4.55. The normalized spacial score (nSPS) is 18.1. The third kappa shape index (κ3) is 5.53. The average Bonchev–Trinajstić information content (AvgIpc) is 3.42. The van der Waals surface area contributed by atoms with Gasteiger partial charge in [0.2, 0.25) is 0 Å². The van der Waals surface area contributed by atoms with E-state index in [4.69, 9.17) is 14.0 Å². The van der Waals surface area contributed by atoms with Crippen LogP contribution in [0, 0.1) is 11.6 Å². The Labute approximate surface area is 219 Å². The number of furan rings is 1. The van der Waals surface area contributed by atoms with E-state index in [1.165, 1.54) is 4.90 Å². The van der Waals surface area contributed by atoms with E-state index in [-0.39, 0.29) is 56.3 Å². The number of halogens is 4. The van der Waals surface area contributed by atoms with Crippen LogP contribution < -0.4 is 9.80 Å². The SMILES string of the molecule is O=C(CC[C@H]1CN(c2cc(F)c(N3CCON(C(=O)c4cc5ccccc5o4)CC3)c(F)c2)C(=O)O1)C(F)F. The van der Waals surface area contributed by atoms with Gasteiger partial charge in [-0.25, -0.2) is 27.4 Å². The fraction of sp³-hybridized carbons (Fsp3) is 0.346. The number of carbonyl (C=O) groups excluding carboxylic acids is 3. The summed E-state index contributed by atoms with van der Waals surface area (Å²) < 4.78 is 65.8. The van der Waals surface area contributed by atoms with Gasteiger partial charge >= 0.3 is 12.0 Å². The van der Waals surface area contributed by atoms with Gasteiger partial charge in [0.1, 0.15) is 17.4 Å². The van der Waals surface area contributed by atoms with Crippen molar-refractivity contribution in [2.24, 2.45) is 0 Å². The summed E-state index contributed by atoms with van der Waals surface area (Å²) in [6.07, 6.45) is -5.51. The number of fused-ring (bicyclic) bond motifs is 1. The number of ketones is 1. The Morgan fingerprint density at radius 1 is 1.03 bits per heavy atom. The Bertz CT molecular complexity index is 1360. The first-order chi connectivity index (χ1) is 18.7. The van der Waals surface area contributed by atoms with Crippen molar-refractivity contribution in [3.8, 4) is 0 Å². The molecular formula is C26H23F4N3O6. The van der Waals surface area contributed by atoms with Crippen molar-refractivity contribution in [3.05, 3.63) is 59.9 Å². The molecule has 3 heterocycles. The van der Waals surface area contributed by atoms with Gasteiger partial charge in [0, 0.05) is 37.0 Å². The molecule has 0 bridgehead atoms. The second kappa shape index (κ2) is 10.9. The molecule has 2 aliphatic heterocycles. The van der Waals surface area contributed by atoms with Crippen molar-refractivity contribution < 1.29 is 45.9 Å². The molecule has 2 aromatic carbocycles. The number of nitrogens with zero attached hydrogens (tertiary/aromatic N) is 3. The van der Waals surface area contributed by atoms with Crippen molar-refractivity contribution in [2.45, 2.75) is 25.4 Å². The maximum Gasteiger partial charge on any atom is 0.414 e. The summed E-state index contributed by atoms with van der Waals surface area (Å²) >= 11 is 0. The molecule has 206 valence electrons. The Morgan fingerprint density at radius 3 is 2.49 bits per heavy atom. The number of Topliss-reactive ketones (excluding diaryl/α,β-unsaturated/α-hetero) is 1. The van der Waals surface area contributed by atoms with Crippen molar-refractivity contribution in [2.75, 3.05) is 42.6 Å². The molecule has 0 aliphatic carbocycles. The van der Waals surface area contributed by atoms with Crippen molar-refractivity contribution in [1.82, 2.24) is 5.06 Å². The first kappa shape index (κ1) is 26.5. The number of ether oxygens (including phenoxy) is 1. The van der Waals surface area contributed by atoms with Gasteiger partial charge in [0.05, 0.1) is 25.4 Å². The molecule has 1 aromatic heterocycles. The zero-order valence-corrected chi connectivity index (χ0v) is 20.4. The van der Waals surface area contributed by atoms with E-state index < -0.39 is 48.4 Å². The van der Waals surface area contributed by atoms with E-state index in [1.807, 2.05) is 6.07 Å². The average molecular weight is 549 g/mol. The molecule has 2 saturated heterocycles. The number of cyclic esters (lactones) is 1. The second-order valence-electron chi connectivity index (χ2n) is 9.06. The van der Waals surface area contributed by atoms with Crippen LogP contribution in [0.5, 0.6) is 0 Å². The molecule has 0 N–H and O–H groups in total. The predicted octanol–water partition coefficient (Wildman–Crippen LogP) is 4.54. The standard InChI is InChI=1S/C26H23F4N3O6/c27-18-12-16(32-14-17(38-26(32)36)5-6-20(34)24(29)30)13-19(28)23(18)31-7-8-33(37-10-9-31)25(35)22-11-15-3-1-2-4-21(15)39-22/h1-4,11-13,17,24H,5-10,14H2/t17-/m0/s1. The van der Waals surface area contributed by atoms with E-state index in [0.717, 1.165) is 27.5 Å². The van der Waals surface area contributed by atoms with Crippen LogP contribution in [-0.4, -0.2) is 68.2 Å². The summed E-state index contributed by atoms with van der Waals surface area (Å²) in [6, 6.07) is 10.6. The molecule has 3 aromatic rings. The molecule has 0 saturated carbocycles. The Kier molecular flexibility index (Phi) is 7.42. The number of carbonyl (C=O) groups is 3. The van der Waals surface area contributed by atoms with Crippen LogP contribution >= 0.6 is 0 Å². The first-order valence-corrected chi connectivity index (χ1v) is 12.2. The Hall–Kier alpha value is -4.13. The van der Waals surface area contributed by atoms with E-state index >= 15 is 8.78 Å². The van der Waals surface area contributed by atoms with Gasteiger partial charge in [-0.3, -0.25) is 19.3 Å². The quantitative estimate of drug-likeness (QED) is 0.400. The van der Waals surface area contributed by atoms with Gasteiger partial charge in [0.15, 0.2) is 23.2 Å². The van der Waals surface area contributed by atoms with Crippen molar-refractivity contribution in [3.63, 3.8) is 0 Å². The number of benzene rings is 2. The molecule has 0 spiro atoms. The third-order valence-corrected chi connectivity index (χ3v) is 6.50. The van der Waals surface area contributed by atoms with Crippen molar-refractivity contribution in [1.29, 1.82) is 0 Å². The van der Waals surface area contributed by atoms with Crippen LogP contribution in [0.15, 0.2) is 46.9 Å². The molecule has 5 rings (SSSR count). The summed E-state index contributed by atoms with van der Waals surface area (Å²) in [7, 11) is 0. The van der Waals surface area contributed by atoms with Gasteiger partial charge in [-0.2, -0.15) is 0 Å². The lowest BCUT2D eigenvalue weighted by atomic mass is 10.1. The molecule has 9 nitrogen and oxygen atoms in total. The van der Waals surface area contributed by atoms with E-state index in [9.17, 15) is 23.2 Å². The van der Waals surface area contributed by atoms with Gasteiger partial charge in [-0.15, -0.1) is 0 Å². The van der Waals surface area contributed by atoms with E-state index in [0.29, 0.717) is 5.58 Å². The van der Waals surface area contributed by atoms with E-state index in [1.54, 1.807) is 24.3 Å². The molecule has 39 heavy (non-hydrogen) atoms. The van der Waals surface area contributed by atoms with Crippen LogP contribution in [0.3, 0.4) is 0 Å². The number of hydrogen-bond acceptors (Lipinski definition) is 7. The number of para-hydroxylation sites is 1. The predicted molar refractivity (Wildman–Crippen MR) is 130 cm³/mol. The second-order valence-corrected chi connectivity index (χ2v) is 9.06. The maximum absolute atomic E-state index is 15.2. The van der Waals surface area contributed by atoms with Gasteiger partial charge < -0.3 is 14.1 Å². The molecule has 2 fully saturated rings. The monoisotopic (exact) mass is 549 g/mol. The highest BCUT2D eigenvalue weighted by molar-refractivity contribution is 5.95. The van der Waals surface area contributed by atoms with E-state index in [2.05, 4.69) is 0 Å². The fourth-order valence-electron chi connectivity index (χ4n) is 4.55. The number of hydroxylamine groups is 2. The largest absolute Gasteiger partial charge is 0.451 e. The number of rotatable bonds is 7. The van der Waals surface area contributed by atoms with Gasteiger partial charge in [-0.05, 0) is 18.6 Å². The molecular weight excluding hydrogens is 526 g/mol. The molecule has 2 aliphatic rings. The lowest BCUT2D eigenvalue weighted by Crippen LogP contribution is -2.34. The molecule has 1 atom stereocenters. The lowest BCUT2D eigenvalue weighted by Gasteiger charge is -2.24. The van der Waals surface area contributed by atoms with Crippen LogP contribution in [0.2, 0.25) is 0 Å². The summed E-state index contributed by atoms with van der Waals surface area (Å²) in [4.78, 5) is 44.2.